The number of esters is 1. The van der Waals surface area contributed by atoms with Gasteiger partial charge in [0, 0.05) is 31.5 Å². The fourth-order valence-corrected chi connectivity index (χ4v) is 5.90. The van der Waals surface area contributed by atoms with Crippen LogP contribution in [0.4, 0.5) is 5.82 Å². The molecule has 2 aromatic heterocycles. The Morgan fingerprint density at radius 3 is 2.55 bits per heavy atom. The number of para-hydroxylation sites is 1. The van der Waals surface area contributed by atoms with Crippen LogP contribution in [0.1, 0.15) is 57.9 Å². The van der Waals surface area contributed by atoms with Gasteiger partial charge in [-0.05, 0) is 80.5 Å². The third-order valence-electron chi connectivity index (χ3n) is 8.30. The lowest BCUT2D eigenvalue weighted by atomic mass is 10.0. The number of hydrogen-bond donors (Lipinski definition) is 3. The number of aliphatic hydroxyl groups is 1. The molecule has 3 atom stereocenters. The second-order valence-electron chi connectivity index (χ2n) is 12.2. The number of hydrogen-bond acceptors (Lipinski definition) is 10. The monoisotopic (exact) mass is 670 g/mol. The highest BCUT2D eigenvalue weighted by Crippen LogP contribution is 2.36. The summed E-state index contributed by atoms with van der Waals surface area (Å²) in [6.45, 7) is 6.62. The molecule has 1 aliphatic rings. The van der Waals surface area contributed by atoms with Gasteiger partial charge in [-0.1, -0.05) is 31.7 Å². The number of nitrogens with one attached hydrogen (secondary N) is 1. The molecular weight excluding hydrogens is 628 g/mol. The summed E-state index contributed by atoms with van der Waals surface area (Å²) in [7, 11) is 0. The minimum Gasteiger partial charge on any atom is -0.481 e. The Morgan fingerprint density at radius 1 is 1.06 bits per heavy atom. The number of ether oxygens (including phenoxy) is 2. The van der Waals surface area contributed by atoms with Gasteiger partial charge >= 0.3 is 11.9 Å². The van der Waals surface area contributed by atoms with E-state index in [1.807, 2.05) is 59.3 Å². The van der Waals surface area contributed by atoms with Crippen LogP contribution in [0, 0.1) is 5.92 Å². The number of carboxylic acids is 1. The van der Waals surface area contributed by atoms with E-state index in [9.17, 15) is 19.5 Å². The van der Waals surface area contributed by atoms with Crippen molar-refractivity contribution >= 4 is 34.7 Å². The van der Waals surface area contributed by atoms with Crippen molar-refractivity contribution in [2.45, 2.75) is 64.1 Å². The topological polar surface area (TPSA) is 169 Å². The van der Waals surface area contributed by atoms with Crippen LogP contribution < -0.4 is 10.1 Å². The Balaban J connectivity index is 1.32. The molecule has 0 spiro atoms. The number of anilines is 1. The number of carbonyl (C=O) groups excluding carboxylic acids is 2. The molecule has 49 heavy (non-hydrogen) atoms. The summed E-state index contributed by atoms with van der Waals surface area (Å²) in [6, 6.07) is 16.9. The zero-order valence-electron chi connectivity index (χ0n) is 27.5. The zero-order valence-corrected chi connectivity index (χ0v) is 27.5. The second kappa shape index (κ2) is 16.7. The van der Waals surface area contributed by atoms with E-state index in [1.54, 1.807) is 11.8 Å². The van der Waals surface area contributed by atoms with E-state index in [2.05, 4.69) is 21.9 Å². The molecule has 13 nitrogen and oxygen atoms in total. The summed E-state index contributed by atoms with van der Waals surface area (Å²) in [5, 5.41) is 28.6. The molecule has 1 amide bonds. The first-order chi connectivity index (χ1) is 23.7. The van der Waals surface area contributed by atoms with Crippen LogP contribution in [0.2, 0.25) is 0 Å². The number of benzene rings is 2. The van der Waals surface area contributed by atoms with Crippen molar-refractivity contribution in [3.63, 3.8) is 0 Å². The summed E-state index contributed by atoms with van der Waals surface area (Å²) in [4.78, 5) is 46.2. The fraction of sp³-hybridized carbons (Fsp3) is 0.389. The van der Waals surface area contributed by atoms with Crippen molar-refractivity contribution in [3.05, 3.63) is 73.6 Å². The molecule has 0 saturated carbocycles. The molecule has 4 aromatic rings. The van der Waals surface area contributed by atoms with Gasteiger partial charge in [-0.15, -0.1) is 0 Å². The van der Waals surface area contributed by atoms with Crippen LogP contribution in [0.25, 0.3) is 22.3 Å². The molecule has 2 unspecified atom stereocenters. The zero-order chi connectivity index (χ0) is 34.8. The van der Waals surface area contributed by atoms with Crippen molar-refractivity contribution in [3.8, 4) is 22.8 Å². The standard InChI is InChI=1S/C36H42N6O7/c1-3-30(44)41-18-9-10-26(22-41)42-36-33(34(40-42)25-14-16-28(17-15-25)49-27-11-5-4-6-12-27)35(37-23-38-36)39-29(43)13-7-8-19-48-32(47)21-24(2)20-31(45)46/h3-6,11-12,14-17,23-24,26,29,43H,1,7-10,13,18-22H2,2H3,(H,45,46)(H,37,38,39)/t24?,26-,29?/m1/s1. The molecule has 1 fully saturated rings. The van der Waals surface area contributed by atoms with E-state index < -0.39 is 18.2 Å². The normalized spacial score (nSPS) is 15.7. The fourth-order valence-electron chi connectivity index (χ4n) is 5.90. The molecule has 1 aliphatic heterocycles. The Bertz CT molecular complexity index is 1740. The summed E-state index contributed by atoms with van der Waals surface area (Å²) >= 11 is 0. The van der Waals surface area contributed by atoms with E-state index in [0.29, 0.717) is 60.6 Å². The van der Waals surface area contributed by atoms with Crippen LogP contribution >= 0.6 is 0 Å². The predicted octanol–water partition coefficient (Wildman–Crippen LogP) is 5.58. The Morgan fingerprint density at radius 2 is 1.82 bits per heavy atom. The smallest absolute Gasteiger partial charge is 0.306 e. The first-order valence-corrected chi connectivity index (χ1v) is 16.5. The van der Waals surface area contributed by atoms with E-state index in [4.69, 9.17) is 19.7 Å². The number of likely N-dealkylation sites (tertiary alicyclic amines) is 1. The van der Waals surface area contributed by atoms with E-state index in [-0.39, 0.29) is 37.3 Å². The van der Waals surface area contributed by atoms with Crippen molar-refractivity contribution < 1.29 is 34.1 Å². The number of nitrogens with zero attached hydrogens (tertiary/aromatic N) is 5. The van der Waals surface area contributed by atoms with Crippen molar-refractivity contribution in [2.75, 3.05) is 25.0 Å². The number of fused-ring (bicyclic) bond motifs is 1. The number of piperidine rings is 1. The van der Waals surface area contributed by atoms with Gasteiger partial charge in [0.15, 0.2) is 5.65 Å². The van der Waals surface area contributed by atoms with Gasteiger partial charge in [0.2, 0.25) is 5.91 Å². The van der Waals surface area contributed by atoms with Crippen LogP contribution in [0.5, 0.6) is 11.5 Å². The highest BCUT2D eigenvalue weighted by Gasteiger charge is 2.28. The average Bonchev–Trinajstić information content (AvgIpc) is 3.49. The summed E-state index contributed by atoms with van der Waals surface area (Å²) in [5.74, 6) is -0.0188. The first-order valence-electron chi connectivity index (χ1n) is 16.5. The van der Waals surface area contributed by atoms with Gasteiger partial charge < -0.3 is 29.9 Å². The van der Waals surface area contributed by atoms with Gasteiger partial charge in [-0.2, -0.15) is 5.10 Å². The maximum atomic E-state index is 12.5. The number of carbonyl (C=O) groups is 3. The van der Waals surface area contributed by atoms with Gasteiger partial charge in [0.1, 0.15) is 35.6 Å². The maximum absolute atomic E-state index is 12.5. The molecule has 3 heterocycles. The number of aliphatic carboxylic acids is 1. The number of aromatic nitrogens is 4. The second-order valence-corrected chi connectivity index (χ2v) is 12.2. The van der Waals surface area contributed by atoms with Gasteiger partial charge in [0.25, 0.3) is 0 Å². The van der Waals surface area contributed by atoms with E-state index in [1.165, 1.54) is 12.4 Å². The largest absolute Gasteiger partial charge is 0.481 e. The molecule has 0 aliphatic carbocycles. The first kappa shape index (κ1) is 35.0. The molecule has 258 valence electrons. The van der Waals surface area contributed by atoms with E-state index in [0.717, 1.165) is 24.2 Å². The van der Waals surface area contributed by atoms with Crippen LogP contribution in [-0.4, -0.2) is 78.6 Å². The molecule has 1 saturated heterocycles. The summed E-state index contributed by atoms with van der Waals surface area (Å²) < 4.78 is 13.1. The number of aliphatic hydroxyl groups excluding tert-OH is 1. The minimum absolute atomic E-state index is 0.0441. The van der Waals surface area contributed by atoms with Gasteiger partial charge in [-0.25, -0.2) is 14.6 Å². The number of amides is 1. The lowest BCUT2D eigenvalue weighted by molar-refractivity contribution is -0.145. The highest BCUT2D eigenvalue weighted by molar-refractivity contribution is 5.99. The number of carboxylic acid groups (broad SMARTS) is 1. The van der Waals surface area contributed by atoms with Crippen LogP contribution in [0.3, 0.4) is 0 Å². The highest BCUT2D eigenvalue weighted by atomic mass is 16.5. The molecular formula is C36H42N6O7. The molecule has 3 N–H and O–H groups in total. The minimum atomic E-state index is -0.961. The Labute approximate surface area is 284 Å². The third kappa shape index (κ3) is 9.41. The third-order valence-corrected chi connectivity index (χ3v) is 8.30. The predicted molar refractivity (Wildman–Crippen MR) is 183 cm³/mol. The van der Waals surface area contributed by atoms with Crippen molar-refractivity contribution in [1.82, 2.24) is 24.6 Å². The molecule has 2 aromatic carbocycles. The van der Waals surface area contributed by atoms with E-state index >= 15 is 0 Å². The summed E-state index contributed by atoms with van der Waals surface area (Å²) in [5.41, 5.74) is 1.99. The average molecular weight is 671 g/mol. The SMILES string of the molecule is C=CC(=O)N1CCC[C@@H](n2nc(-c3ccc(Oc4ccccc4)cc3)c3c(NC(O)CCCCOC(=O)CC(C)CC(=O)O)ncnc32)C1. The molecule has 5 rings (SSSR count). The number of rotatable bonds is 16. The lowest BCUT2D eigenvalue weighted by Gasteiger charge is -2.32. The van der Waals surface area contributed by atoms with Crippen LogP contribution in [0.15, 0.2) is 73.6 Å². The molecule has 13 heteroatoms. The summed E-state index contributed by atoms with van der Waals surface area (Å²) in [6.07, 6.45) is 4.80. The maximum Gasteiger partial charge on any atom is 0.306 e. The van der Waals surface area contributed by atoms with Crippen molar-refractivity contribution in [2.24, 2.45) is 5.92 Å². The van der Waals surface area contributed by atoms with Crippen LogP contribution in [-0.2, 0) is 19.1 Å². The molecule has 0 bridgehead atoms. The van der Waals surface area contributed by atoms with Gasteiger partial charge in [0.05, 0.1) is 18.0 Å². The van der Waals surface area contributed by atoms with Gasteiger partial charge in [-0.3, -0.25) is 14.4 Å². The number of unbranched alkanes of at least 4 members (excludes halogenated alkanes) is 1. The lowest BCUT2D eigenvalue weighted by Crippen LogP contribution is -2.40. The molecule has 0 radical (unpaired) electrons. The van der Waals surface area contributed by atoms with Crippen molar-refractivity contribution in [1.29, 1.82) is 0 Å². The quantitative estimate of drug-likeness (QED) is 0.0589. The Hall–Kier alpha value is -5.30. The Kier molecular flexibility index (Phi) is 11.9.